The van der Waals surface area contributed by atoms with E-state index in [9.17, 15) is 15.4 Å². The minimum atomic E-state index is -0.285. The van der Waals surface area contributed by atoms with Gasteiger partial charge in [-0.1, -0.05) is 35.3 Å². The highest BCUT2D eigenvalue weighted by atomic mass is 35.5. The van der Waals surface area contributed by atoms with Crippen LogP contribution in [-0.2, 0) is 0 Å². The van der Waals surface area contributed by atoms with Crippen molar-refractivity contribution in [2.45, 2.75) is 0 Å². The zero-order chi connectivity index (χ0) is 15.9. The second-order valence-electron chi connectivity index (χ2n) is 4.54. The van der Waals surface area contributed by atoms with Crippen molar-refractivity contribution in [3.8, 4) is 17.3 Å². The number of hydrogen-bond donors (Lipinski definition) is 0. The van der Waals surface area contributed by atoms with Crippen LogP contribution in [0.15, 0.2) is 42.5 Å². The molecule has 108 valence electrons. The van der Waals surface area contributed by atoms with E-state index in [4.69, 9.17) is 23.2 Å². The largest absolute Gasteiger partial charge is 0.805 e. The second-order valence-corrected chi connectivity index (χ2v) is 5.41. The van der Waals surface area contributed by atoms with Gasteiger partial charge in [-0.05, 0) is 24.3 Å². The maximum atomic E-state index is 12.6. The van der Waals surface area contributed by atoms with Crippen LogP contribution in [0.3, 0.4) is 0 Å². The van der Waals surface area contributed by atoms with Crippen LogP contribution in [0.2, 0.25) is 10.0 Å². The van der Waals surface area contributed by atoms with Crippen molar-refractivity contribution < 1.29 is 4.43 Å². The van der Waals surface area contributed by atoms with E-state index in [1.807, 2.05) is 0 Å². The molecule has 0 amide bonds. The topological polar surface area (TPSA) is 74.8 Å². The Balaban J connectivity index is 2.48. The molecule has 1 heterocycles. The fourth-order valence-corrected chi connectivity index (χ4v) is 2.52. The maximum absolute atomic E-state index is 12.6. The highest BCUT2D eigenvalue weighted by Crippen LogP contribution is 2.27. The highest BCUT2D eigenvalue weighted by Gasteiger charge is 2.23. The summed E-state index contributed by atoms with van der Waals surface area (Å²) in [7, 11) is 0. The first-order valence-corrected chi connectivity index (χ1v) is 6.93. The first-order valence-electron chi connectivity index (χ1n) is 6.17. The number of halogens is 2. The minimum absolute atomic E-state index is 0.0380. The number of rotatable bonds is 1. The number of fused-ring (bicyclic) bond motifs is 1. The normalized spacial score (nSPS) is 10.6. The lowest BCUT2D eigenvalue weighted by Crippen LogP contribution is -2.24. The number of aromatic nitrogens is 2. The van der Waals surface area contributed by atoms with Crippen molar-refractivity contribution in [3.63, 3.8) is 0 Å². The molecule has 0 aliphatic carbocycles. The lowest BCUT2D eigenvalue weighted by atomic mass is 10.1. The Hall–Kier alpha value is -2.55. The van der Waals surface area contributed by atoms with E-state index in [1.54, 1.807) is 30.3 Å². The summed E-state index contributed by atoms with van der Waals surface area (Å²) in [6, 6.07) is 12.4. The van der Waals surface area contributed by atoms with Crippen LogP contribution in [0.1, 0.15) is 5.69 Å². The van der Waals surface area contributed by atoms with E-state index < -0.39 is 0 Å². The van der Waals surface area contributed by atoms with E-state index in [0.717, 1.165) is 0 Å². The Morgan fingerprint density at radius 1 is 1.09 bits per heavy atom. The molecule has 2 aromatic carbocycles. The molecule has 1 aromatic heterocycles. The minimum Gasteiger partial charge on any atom is -0.805 e. The van der Waals surface area contributed by atoms with Crippen LogP contribution in [0.5, 0.6) is 0 Å². The van der Waals surface area contributed by atoms with Crippen LogP contribution in [0.4, 0.5) is 0 Å². The number of nitrogens with zero attached hydrogens (tertiary/aromatic N) is 3. The predicted molar refractivity (Wildman–Crippen MR) is 84.2 cm³/mol. The number of benzene rings is 2. The summed E-state index contributed by atoms with van der Waals surface area (Å²) in [5, 5.41) is 22.7. The van der Waals surface area contributed by atoms with Gasteiger partial charge < -0.3 is 9.94 Å². The standard InChI is InChI=1S/C15H7Cl2N3O2/c16-10-3-1-9(2-4-10)15-14(8-18)19(21)12-6-5-11(17)7-13(12)20(15)22/h1-7H. The Kier molecular flexibility index (Phi) is 3.49. The lowest BCUT2D eigenvalue weighted by Gasteiger charge is -2.17. The Bertz CT molecular complexity index is 989. The van der Waals surface area contributed by atoms with Crippen molar-refractivity contribution in [3.05, 3.63) is 68.3 Å². The van der Waals surface area contributed by atoms with Crippen molar-refractivity contribution in [2.75, 3.05) is 0 Å². The Morgan fingerprint density at radius 2 is 1.73 bits per heavy atom. The van der Waals surface area contributed by atoms with Gasteiger partial charge in [-0.2, -0.15) is 5.26 Å². The monoisotopic (exact) mass is 331 g/mol. The van der Waals surface area contributed by atoms with Gasteiger partial charge in [0.2, 0.25) is 0 Å². The molecule has 0 atom stereocenters. The van der Waals surface area contributed by atoms with Crippen LogP contribution in [0.25, 0.3) is 22.3 Å². The summed E-state index contributed by atoms with van der Waals surface area (Å²) in [5.74, 6) is 0. The van der Waals surface area contributed by atoms with E-state index >= 15 is 0 Å². The van der Waals surface area contributed by atoms with E-state index in [2.05, 4.69) is 0 Å². The van der Waals surface area contributed by atoms with Gasteiger partial charge in [-0.3, -0.25) is 0 Å². The smallest absolute Gasteiger partial charge is 0.363 e. The van der Waals surface area contributed by atoms with E-state index in [-0.39, 0.29) is 22.4 Å². The van der Waals surface area contributed by atoms with Crippen LogP contribution >= 0.6 is 23.2 Å². The molecule has 22 heavy (non-hydrogen) atoms. The summed E-state index contributed by atoms with van der Waals surface area (Å²) in [5.41, 5.74) is 0.263. The van der Waals surface area contributed by atoms with Crippen LogP contribution in [-0.4, -0.2) is 4.73 Å². The molecule has 0 radical (unpaired) electrons. The summed E-state index contributed by atoms with van der Waals surface area (Å²) in [6.45, 7) is 0. The van der Waals surface area contributed by atoms with Gasteiger partial charge in [0, 0.05) is 26.6 Å². The molecule has 0 unspecified atom stereocenters. The molecule has 0 N–H and O–H groups in total. The number of hydrogen-bond acceptors (Lipinski definition) is 3. The maximum Gasteiger partial charge on any atom is 0.363 e. The second kappa shape index (κ2) is 5.34. The molecule has 7 heteroatoms. The number of nitriles is 1. The summed E-state index contributed by atoms with van der Waals surface area (Å²) < 4.78 is 0.974. The van der Waals surface area contributed by atoms with Gasteiger partial charge in [0.25, 0.3) is 5.52 Å². The fraction of sp³-hybridized carbons (Fsp3) is 0. The van der Waals surface area contributed by atoms with E-state index in [0.29, 0.717) is 24.8 Å². The van der Waals surface area contributed by atoms with Gasteiger partial charge >= 0.3 is 5.69 Å². The van der Waals surface area contributed by atoms with Crippen molar-refractivity contribution >= 4 is 34.2 Å². The molecule has 0 saturated carbocycles. The lowest BCUT2D eigenvalue weighted by molar-refractivity contribution is -0.467. The SMILES string of the molecule is N#Cc1c(-c2ccc(Cl)cc2)n([O-])c2cc(Cl)ccc2[n+]1=O. The Morgan fingerprint density at radius 3 is 2.36 bits per heavy atom. The molecule has 3 rings (SSSR count). The van der Waals surface area contributed by atoms with Gasteiger partial charge in [0.05, 0.1) is 4.43 Å². The van der Waals surface area contributed by atoms with Crippen LogP contribution in [0, 0.1) is 21.4 Å². The van der Waals surface area contributed by atoms with Crippen molar-refractivity contribution in [2.24, 2.45) is 0 Å². The molecule has 0 bridgehead atoms. The van der Waals surface area contributed by atoms with E-state index in [1.165, 1.54) is 18.2 Å². The summed E-state index contributed by atoms with van der Waals surface area (Å²) in [6.07, 6.45) is 0. The zero-order valence-electron chi connectivity index (χ0n) is 11.0. The van der Waals surface area contributed by atoms with Gasteiger partial charge in [0.15, 0.2) is 6.07 Å². The molecule has 3 aromatic rings. The quantitative estimate of drug-likeness (QED) is 0.637. The molecule has 0 saturated heterocycles. The van der Waals surface area contributed by atoms with Gasteiger partial charge in [-0.15, -0.1) is 0 Å². The first-order chi connectivity index (χ1) is 10.5. The predicted octanol–water partition coefficient (Wildman–Crippen LogP) is 3.75. The molecular formula is C15H7Cl2N3O2. The average molecular weight is 332 g/mol. The third-order valence-corrected chi connectivity index (χ3v) is 3.72. The fourth-order valence-electron chi connectivity index (χ4n) is 2.22. The van der Waals surface area contributed by atoms with Crippen LogP contribution < -0.4 is 4.43 Å². The Labute approximate surface area is 134 Å². The molecule has 5 nitrogen and oxygen atoms in total. The summed E-state index contributed by atoms with van der Waals surface area (Å²) >= 11 is 11.7. The molecule has 0 spiro atoms. The molecular weight excluding hydrogens is 325 g/mol. The van der Waals surface area contributed by atoms with Gasteiger partial charge in [0.1, 0.15) is 11.2 Å². The molecule has 0 aliphatic heterocycles. The molecule has 0 aliphatic rings. The van der Waals surface area contributed by atoms with Crippen molar-refractivity contribution in [1.29, 1.82) is 5.26 Å². The zero-order valence-corrected chi connectivity index (χ0v) is 12.5. The molecule has 0 fully saturated rings. The summed E-state index contributed by atoms with van der Waals surface area (Å²) in [4.78, 5) is 12.4. The van der Waals surface area contributed by atoms with Crippen molar-refractivity contribution in [1.82, 2.24) is 4.73 Å². The van der Waals surface area contributed by atoms with Gasteiger partial charge in [-0.25, -0.2) is 0 Å². The average Bonchev–Trinajstić information content (AvgIpc) is 2.51. The third kappa shape index (κ3) is 2.19. The highest BCUT2D eigenvalue weighted by molar-refractivity contribution is 6.31. The first kappa shape index (κ1) is 14.4. The third-order valence-electron chi connectivity index (χ3n) is 3.23.